The van der Waals surface area contributed by atoms with Crippen LogP contribution in [0.4, 0.5) is 5.13 Å². The van der Waals surface area contributed by atoms with E-state index in [1.54, 1.807) is 18.4 Å². The van der Waals surface area contributed by atoms with Crippen molar-refractivity contribution in [3.8, 4) is 0 Å². The van der Waals surface area contributed by atoms with Gasteiger partial charge in [-0.1, -0.05) is 0 Å². The summed E-state index contributed by atoms with van der Waals surface area (Å²) in [7, 11) is 3.54. The minimum atomic E-state index is 0.0911. The first-order valence-electron chi connectivity index (χ1n) is 3.44. The molecule has 1 aromatic heterocycles. The molecule has 0 radical (unpaired) electrons. The van der Waals surface area contributed by atoms with Crippen LogP contribution in [-0.2, 0) is 4.74 Å². The van der Waals surface area contributed by atoms with Gasteiger partial charge in [0.1, 0.15) is 0 Å². The molecule has 0 bridgehead atoms. The van der Waals surface area contributed by atoms with E-state index in [4.69, 9.17) is 4.74 Å². The molecule has 0 spiro atoms. The summed E-state index contributed by atoms with van der Waals surface area (Å²) in [5.41, 5.74) is 0.988. The summed E-state index contributed by atoms with van der Waals surface area (Å²) >= 11 is 1.59. The fourth-order valence-electron chi connectivity index (χ4n) is 0.708. The summed E-state index contributed by atoms with van der Waals surface area (Å²) in [5.74, 6) is 0. The molecule has 0 amide bonds. The van der Waals surface area contributed by atoms with Gasteiger partial charge in [-0.05, 0) is 6.92 Å². The van der Waals surface area contributed by atoms with E-state index in [1.165, 1.54) is 0 Å². The number of rotatable bonds is 3. The summed E-state index contributed by atoms with van der Waals surface area (Å²) in [6.45, 7) is 1.98. The normalized spacial score (nSPS) is 13.0. The maximum Gasteiger partial charge on any atom is 0.182 e. The molecule has 62 valence electrons. The number of ether oxygens (including phenoxy) is 1. The van der Waals surface area contributed by atoms with Gasteiger partial charge in [0.2, 0.25) is 0 Å². The Morgan fingerprint density at radius 3 is 2.91 bits per heavy atom. The number of methoxy groups -OCH3 is 1. The SMILES string of the molecule is CNc1nc(C(C)OC)cs1. The predicted octanol–water partition coefficient (Wildman–Crippen LogP) is 1.89. The van der Waals surface area contributed by atoms with Crippen LogP contribution in [0.2, 0.25) is 0 Å². The highest BCUT2D eigenvalue weighted by atomic mass is 32.1. The monoisotopic (exact) mass is 172 g/mol. The summed E-state index contributed by atoms with van der Waals surface area (Å²) < 4.78 is 5.11. The quantitative estimate of drug-likeness (QED) is 0.756. The van der Waals surface area contributed by atoms with E-state index in [-0.39, 0.29) is 6.10 Å². The first-order chi connectivity index (χ1) is 5.27. The second-order valence-electron chi connectivity index (χ2n) is 2.21. The van der Waals surface area contributed by atoms with Crippen LogP contribution >= 0.6 is 11.3 Å². The van der Waals surface area contributed by atoms with Crippen molar-refractivity contribution in [1.82, 2.24) is 4.98 Å². The van der Waals surface area contributed by atoms with E-state index < -0.39 is 0 Å². The average Bonchev–Trinajstić information content (AvgIpc) is 2.50. The van der Waals surface area contributed by atoms with Gasteiger partial charge in [0.25, 0.3) is 0 Å². The second-order valence-corrected chi connectivity index (χ2v) is 3.06. The van der Waals surface area contributed by atoms with Gasteiger partial charge >= 0.3 is 0 Å². The third-order valence-corrected chi connectivity index (χ3v) is 2.38. The molecule has 0 fully saturated rings. The van der Waals surface area contributed by atoms with Crippen LogP contribution in [0.5, 0.6) is 0 Å². The number of aromatic nitrogens is 1. The summed E-state index contributed by atoms with van der Waals surface area (Å²) in [6.07, 6.45) is 0.0911. The van der Waals surface area contributed by atoms with Gasteiger partial charge < -0.3 is 10.1 Å². The molecular formula is C7H12N2OS. The van der Waals surface area contributed by atoms with Crippen molar-refractivity contribution in [3.05, 3.63) is 11.1 Å². The first-order valence-corrected chi connectivity index (χ1v) is 4.32. The maximum absolute atomic E-state index is 5.11. The minimum Gasteiger partial charge on any atom is -0.375 e. The zero-order valence-corrected chi connectivity index (χ0v) is 7.73. The molecule has 1 rings (SSSR count). The molecular weight excluding hydrogens is 160 g/mol. The number of nitrogens with zero attached hydrogens (tertiary/aromatic N) is 1. The largest absolute Gasteiger partial charge is 0.375 e. The van der Waals surface area contributed by atoms with Crippen LogP contribution in [0.25, 0.3) is 0 Å². The minimum absolute atomic E-state index is 0.0911. The van der Waals surface area contributed by atoms with Gasteiger partial charge in [-0.25, -0.2) is 4.98 Å². The Bertz CT molecular complexity index is 224. The van der Waals surface area contributed by atoms with Crippen LogP contribution in [0.3, 0.4) is 0 Å². The Labute approximate surface area is 70.4 Å². The van der Waals surface area contributed by atoms with Gasteiger partial charge in [-0.3, -0.25) is 0 Å². The van der Waals surface area contributed by atoms with E-state index in [0.29, 0.717) is 0 Å². The van der Waals surface area contributed by atoms with Crippen LogP contribution in [-0.4, -0.2) is 19.1 Å². The van der Waals surface area contributed by atoms with E-state index in [1.807, 2.05) is 19.4 Å². The number of nitrogens with one attached hydrogen (secondary N) is 1. The Balaban J connectivity index is 2.71. The van der Waals surface area contributed by atoms with Crippen molar-refractivity contribution in [2.24, 2.45) is 0 Å². The molecule has 0 aliphatic carbocycles. The molecule has 0 aliphatic rings. The number of anilines is 1. The van der Waals surface area contributed by atoms with Crippen molar-refractivity contribution >= 4 is 16.5 Å². The van der Waals surface area contributed by atoms with E-state index >= 15 is 0 Å². The van der Waals surface area contributed by atoms with Crippen molar-refractivity contribution < 1.29 is 4.74 Å². The second kappa shape index (κ2) is 3.69. The molecule has 4 heteroatoms. The molecule has 11 heavy (non-hydrogen) atoms. The zero-order chi connectivity index (χ0) is 8.27. The lowest BCUT2D eigenvalue weighted by Gasteiger charge is -2.03. The lowest BCUT2D eigenvalue weighted by Crippen LogP contribution is -1.96. The molecule has 1 heterocycles. The highest BCUT2D eigenvalue weighted by molar-refractivity contribution is 7.13. The van der Waals surface area contributed by atoms with E-state index in [2.05, 4.69) is 10.3 Å². The molecule has 1 atom stereocenters. The summed E-state index contributed by atoms with van der Waals surface area (Å²) in [4.78, 5) is 4.28. The van der Waals surface area contributed by atoms with Gasteiger partial charge in [0.05, 0.1) is 11.8 Å². The highest BCUT2D eigenvalue weighted by Gasteiger charge is 2.07. The van der Waals surface area contributed by atoms with E-state index in [0.717, 1.165) is 10.8 Å². The number of thiazole rings is 1. The Kier molecular flexibility index (Phi) is 2.84. The van der Waals surface area contributed by atoms with Crippen molar-refractivity contribution in [1.29, 1.82) is 0 Å². The topological polar surface area (TPSA) is 34.2 Å². The third kappa shape index (κ3) is 1.91. The molecule has 1 unspecified atom stereocenters. The van der Waals surface area contributed by atoms with Gasteiger partial charge in [0.15, 0.2) is 5.13 Å². The standard InChI is InChI=1S/C7H12N2OS/c1-5(10-3)6-4-11-7(8-2)9-6/h4-5H,1-3H3,(H,8,9). The Hall–Kier alpha value is -0.610. The lowest BCUT2D eigenvalue weighted by atomic mass is 10.3. The maximum atomic E-state index is 5.11. The molecule has 0 aliphatic heterocycles. The summed E-state index contributed by atoms with van der Waals surface area (Å²) in [6, 6.07) is 0. The van der Waals surface area contributed by atoms with Crippen molar-refractivity contribution in [3.63, 3.8) is 0 Å². The number of hydrogen-bond donors (Lipinski definition) is 1. The van der Waals surface area contributed by atoms with Crippen molar-refractivity contribution in [2.45, 2.75) is 13.0 Å². The molecule has 0 saturated carbocycles. The third-order valence-electron chi connectivity index (χ3n) is 1.51. The van der Waals surface area contributed by atoms with Crippen LogP contribution in [0.1, 0.15) is 18.7 Å². The van der Waals surface area contributed by atoms with Crippen molar-refractivity contribution in [2.75, 3.05) is 19.5 Å². The smallest absolute Gasteiger partial charge is 0.182 e. The molecule has 3 nitrogen and oxygen atoms in total. The Morgan fingerprint density at radius 2 is 2.45 bits per heavy atom. The highest BCUT2D eigenvalue weighted by Crippen LogP contribution is 2.21. The van der Waals surface area contributed by atoms with E-state index in [9.17, 15) is 0 Å². The number of hydrogen-bond acceptors (Lipinski definition) is 4. The van der Waals surface area contributed by atoms with Gasteiger partial charge in [-0.2, -0.15) is 0 Å². The predicted molar refractivity (Wildman–Crippen MR) is 47.1 cm³/mol. The molecule has 0 aromatic carbocycles. The first kappa shape index (κ1) is 8.49. The summed E-state index contributed by atoms with van der Waals surface area (Å²) in [5, 5.41) is 5.91. The lowest BCUT2D eigenvalue weighted by molar-refractivity contribution is 0.116. The van der Waals surface area contributed by atoms with Crippen LogP contribution in [0, 0.1) is 0 Å². The fraction of sp³-hybridized carbons (Fsp3) is 0.571. The molecule has 1 aromatic rings. The Morgan fingerprint density at radius 1 is 1.73 bits per heavy atom. The molecule has 1 N–H and O–H groups in total. The average molecular weight is 172 g/mol. The fourth-order valence-corrected chi connectivity index (χ4v) is 1.46. The van der Waals surface area contributed by atoms with Gasteiger partial charge in [-0.15, -0.1) is 11.3 Å². The molecule has 0 saturated heterocycles. The van der Waals surface area contributed by atoms with Crippen LogP contribution in [0.15, 0.2) is 5.38 Å². The van der Waals surface area contributed by atoms with Crippen LogP contribution < -0.4 is 5.32 Å². The van der Waals surface area contributed by atoms with Gasteiger partial charge in [0, 0.05) is 19.5 Å². The zero-order valence-electron chi connectivity index (χ0n) is 6.92.